The summed E-state index contributed by atoms with van der Waals surface area (Å²) in [6, 6.07) is 15.5. The van der Waals surface area contributed by atoms with Crippen molar-refractivity contribution in [2.45, 2.75) is 136 Å². The number of halogens is 2. The van der Waals surface area contributed by atoms with E-state index in [0.717, 1.165) is 38.2 Å². The zero-order valence-electron chi connectivity index (χ0n) is 30.0. The molecule has 0 N–H and O–H groups in total. The van der Waals surface area contributed by atoms with E-state index in [-0.39, 0.29) is 23.2 Å². The van der Waals surface area contributed by atoms with Gasteiger partial charge in [-0.3, -0.25) is 0 Å². The molecule has 3 aromatic carbocycles. The summed E-state index contributed by atoms with van der Waals surface area (Å²) in [6.07, 6.45) is 20.5. The number of esters is 1. The van der Waals surface area contributed by atoms with Gasteiger partial charge in [-0.25, -0.2) is 13.6 Å². The Morgan fingerprint density at radius 3 is 1.78 bits per heavy atom. The Bertz CT molecular complexity index is 1440. The maximum absolute atomic E-state index is 14.7. The van der Waals surface area contributed by atoms with Crippen molar-refractivity contribution in [1.29, 1.82) is 0 Å². The van der Waals surface area contributed by atoms with Crippen molar-refractivity contribution in [2.24, 2.45) is 0 Å². The average Bonchev–Trinajstić information content (AvgIpc) is 3.10. The molecule has 0 saturated heterocycles. The van der Waals surface area contributed by atoms with E-state index < -0.39 is 17.6 Å². The highest BCUT2D eigenvalue weighted by atomic mass is 19.1. The third kappa shape index (κ3) is 15.9. The number of unbranched alkanes of at least 4 members (excludes halogenated alkanes) is 14. The average molecular weight is 675 g/mol. The number of ether oxygens (including phenoxy) is 3. The summed E-state index contributed by atoms with van der Waals surface area (Å²) in [6.45, 7) is 6.83. The lowest BCUT2D eigenvalue weighted by Gasteiger charge is -2.15. The van der Waals surface area contributed by atoms with Crippen molar-refractivity contribution in [3.8, 4) is 29.1 Å². The normalized spacial score (nSPS) is 11.4. The second kappa shape index (κ2) is 23.5. The fraction of sp³-hybridized carbons (Fsp3) is 0.512. The minimum absolute atomic E-state index is 0.0536. The van der Waals surface area contributed by atoms with Crippen LogP contribution in [0.25, 0.3) is 0 Å². The van der Waals surface area contributed by atoms with Crippen LogP contribution in [0.1, 0.15) is 151 Å². The molecule has 0 radical (unpaired) electrons. The van der Waals surface area contributed by atoms with Crippen LogP contribution in [-0.2, 0) is 0 Å². The van der Waals surface area contributed by atoms with Gasteiger partial charge in [-0.2, -0.15) is 0 Å². The molecule has 0 aliphatic rings. The van der Waals surface area contributed by atoms with Gasteiger partial charge in [-0.1, -0.05) is 116 Å². The topological polar surface area (TPSA) is 44.8 Å². The molecule has 49 heavy (non-hydrogen) atoms. The largest absolute Gasteiger partial charge is 0.491 e. The van der Waals surface area contributed by atoms with E-state index in [1.807, 2.05) is 6.92 Å². The molecule has 0 aliphatic heterocycles. The first-order chi connectivity index (χ1) is 23.9. The van der Waals surface area contributed by atoms with Crippen LogP contribution in [0.4, 0.5) is 8.78 Å². The van der Waals surface area contributed by atoms with Gasteiger partial charge < -0.3 is 14.2 Å². The second-order valence-corrected chi connectivity index (χ2v) is 13.0. The van der Waals surface area contributed by atoms with Crippen molar-refractivity contribution < 1.29 is 27.8 Å². The van der Waals surface area contributed by atoms with Gasteiger partial charge >= 0.3 is 5.97 Å². The van der Waals surface area contributed by atoms with Crippen LogP contribution in [0.2, 0.25) is 0 Å². The molecular formula is C43H56F2O4. The Morgan fingerprint density at radius 2 is 1.16 bits per heavy atom. The Hall–Kier alpha value is -3.85. The Balaban J connectivity index is 1.37. The molecule has 1 atom stereocenters. The van der Waals surface area contributed by atoms with Crippen LogP contribution in [-0.4, -0.2) is 18.7 Å². The first kappa shape index (κ1) is 39.6. The van der Waals surface area contributed by atoms with Gasteiger partial charge in [0.05, 0.1) is 18.3 Å². The van der Waals surface area contributed by atoms with Gasteiger partial charge in [0.15, 0.2) is 23.1 Å². The highest BCUT2D eigenvalue weighted by Crippen LogP contribution is 2.23. The highest BCUT2D eigenvalue weighted by Gasteiger charge is 2.13. The second-order valence-electron chi connectivity index (χ2n) is 13.0. The summed E-state index contributed by atoms with van der Waals surface area (Å²) in [5, 5.41) is 0. The van der Waals surface area contributed by atoms with Gasteiger partial charge in [0.2, 0.25) is 0 Å². The van der Waals surface area contributed by atoms with E-state index in [1.54, 1.807) is 36.4 Å². The molecule has 0 heterocycles. The maximum atomic E-state index is 14.7. The zero-order chi connectivity index (χ0) is 35.1. The molecule has 0 spiro atoms. The summed E-state index contributed by atoms with van der Waals surface area (Å²) in [4.78, 5) is 12.7. The van der Waals surface area contributed by atoms with Crippen LogP contribution in [0.3, 0.4) is 0 Å². The predicted octanol–water partition coefficient (Wildman–Crippen LogP) is 12.4. The number of carbonyl (C=O) groups excluding carboxylic acids is 1. The summed E-state index contributed by atoms with van der Waals surface area (Å²) in [5.74, 6) is 4.93. The number of benzene rings is 3. The van der Waals surface area contributed by atoms with E-state index >= 15 is 0 Å². The van der Waals surface area contributed by atoms with Crippen LogP contribution >= 0.6 is 0 Å². The third-order valence-corrected chi connectivity index (χ3v) is 8.56. The van der Waals surface area contributed by atoms with E-state index in [0.29, 0.717) is 23.5 Å². The van der Waals surface area contributed by atoms with Crippen molar-refractivity contribution >= 4 is 5.97 Å². The van der Waals surface area contributed by atoms with Crippen LogP contribution in [0, 0.1) is 23.5 Å². The zero-order valence-corrected chi connectivity index (χ0v) is 30.0. The van der Waals surface area contributed by atoms with Gasteiger partial charge in [0, 0.05) is 11.1 Å². The van der Waals surface area contributed by atoms with E-state index in [1.165, 1.54) is 95.2 Å². The minimum Gasteiger partial charge on any atom is -0.491 e. The van der Waals surface area contributed by atoms with Crippen LogP contribution < -0.4 is 14.2 Å². The Kier molecular flexibility index (Phi) is 19.0. The monoisotopic (exact) mass is 674 g/mol. The van der Waals surface area contributed by atoms with Crippen molar-refractivity contribution in [3.05, 3.63) is 89.0 Å². The Morgan fingerprint density at radius 1 is 0.633 bits per heavy atom. The van der Waals surface area contributed by atoms with Crippen molar-refractivity contribution in [1.82, 2.24) is 0 Å². The first-order valence-electron chi connectivity index (χ1n) is 18.6. The molecule has 4 nitrogen and oxygen atoms in total. The minimum atomic E-state index is -0.668. The summed E-state index contributed by atoms with van der Waals surface area (Å²) >= 11 is 0. The molecule has 0 amide bonds. The maximum Gasteiger partial charge on any atom is 0.343 e. The van der Waals surface area contributed by atoms with Crippen molar-refractivity contribution in [3.63, 3.8) is 0 Å². The quantitative estimate of drug-likeness (QED) is 0.0435. The predicted molar refractivity (Wildman–Crippen MR) is 196 cm³/mol. The molecule has 3 aromatic rings. The van der Waals surface area contributed by atoms with E-state index in [4.69, 9.17) is 14.2 Å². The smallest absolute Gasteiger partial charge is 0.343 e. The van der Waals surface area contributed by atoms with Gasteiger partial charge in [-0.05, 0) is 86.8 Å². The van der Waals surface area contributed by atoms with Crippen LogP contribution in [0.5, 0.6) is 17.2 Å². The standard InChI is InChI=1S/C43H56F2O4/c1-4-6-8-10-11-12-13-14-15-16-17-19-31-47-41-30-26-37(33-40(41)45)43(46)49-38-27-23-35(24-28-38)21-22-36-25-29-42(39(44)32-36)48-34(3)20-18-9-7-5-2/h23-30,32-34H,4-20,31H2,1-3H3/t34-/m1/s1. The molecule has 6 heteroatoms. The lowest BCUT2D eigenvalue weighted by molar-refractivity contribution is 0.0734. The number of hydrogen-bond acceptors (Lipinski definition) is 4. The number of hydrogen-bond donors (Lipinski definition) is 0. The first-order valence-corrected chi connectivity index (χ1v) is 18.6. The van der Waals surface area contributed by atoms with Crippen LogP contribution in [0.15, 0.2) is 60.7 Å². The number of carbonyl (C=O) groups is 1. The molecular weight excluding hydrogens is 618 g/mol. The Labute approximate surface area is 294 Å². The highest BCUT2D eigenvalue weighted by molar-refractivity contribution is 5.91. The summed E-state index contributed by atoms with van der Waals surface area (Å²) in [5.41, 5.74) is 1.29. The molecule has 3 rings (SSSR count). The molecule has 0 bridgehead atoms. The molecule has 266 valence electrons. The molecule has 0 unspecified atom stereocenters. The number of rotatable bonds is 23. The fourth-order valence-electron chi connectivity index (χ4n) is 5.60. The molecule has 0 aromatic heterocycles. The SMILES string of the molecule is CCCCCCCCCCCCCCOc1ccc(C(=O)Oc2ccc(C#Cc3ccc(O[C@H](C)CCCCCC)c(F)c3)cc2)cc1F. The van der Waals surface area contributed by atoms with Gasteiger partial charge in [-0.15, -0.1) is 0 Å². The van der Waals surface area contributed by atoms with Gasteiger partial charge in [0.1, 0.15) is 5.75 Å². The third-order valence-electron chi connectivity index (χ3n) is 8.56. The van der Waals surface area contributed by atoms with E-state index in [2.05, 4.69) is 25.7 Å². The molecule has 0 saturated carbocycles. The molecule has 0 aliphatic carbocycles. The fourth-order valence-corrected chi connectivity index (χ4v) is 5.60. The summed E-state index contributed by atoms with van der Waals surface area (Å²) < 4.78 is 46.2. The van der Waals surface area contributed by atoms with Crippen molar-refractivity contribution in [2.75, 3.05) is 6.61 Å². The lowest BCUT2D eigenvalue weighted by Crippen LogP contribution is -2.12. The summed E-state index contributed by atoms with van der Waals surface area (Å²) in [7, 11) is 0. The van der Waals surface area contributed by atoms with E-state index in [9.17, 15) is 13.6 Å². The van der Waals surface area contributed by atoms with Gasteiger partial charge in [0.25, 0.3) is 0 Å². The molecule has 0 fully saturated rings. The lowest BCUT2D eigenvalue weighted by atomic mass is 10.1.